The number of hydrogen-bond donors (Lipinski definition) is 1. The summed E-state index contributed by atoms with van der Waals surface area (Å²) in [6, 6.07) is 1.65. The predicted molar refractivity (Wildman–Crippen MR) is 92.7 cm³/mol. The van der Waals surface area contributed by atoms with E-state index in [-0.39, 0.29) is 0 Å². The van der Waals surface area contributed by atoms with Gasteiger partial charge in [-0.05, 0) is 64.0 Å². The van der Waals surface area contributed by atoms with E-state index in [2.05, 4.69) is 31.1 Å². The third kappa shape index (κ3) is 4.96. The van der Waals surface area contributed by atoms with Crippen LogP contribution in [0.1, 0.15) is 78.1 Å². The zero-order chi connectivity index (χ0) is 15.1. The lowest BCUT2D eigenvalue weighted by Crippen LogP contribution is -2.48. The van der Waals surface area contributed by atoms with Crippen molar-refractivity contribution in [1.29, 1.82) is 0 Å². The van der Waals surface area contributed by atoms with Crippen molar-refractivity contribution in [3.05, 3.63) is 0 Å². The second-order valence-electron chi connectivity index (χ2n) is 7.56. The first-order chi connectivity index (χ1) is 10.3. The molecule has 0 radical (unpaired) electrons. The highest BCUT2D eigenvalue weighted by Gasteiger charge is 2.32. The van der Waals surface area contributed by atoms with Gasteiger partial charge < -0.3 is 10.2 Å². The van der Waals surface area contributed by atoms with Crippen LogP contribution in [0.25, 0.3) is 0 Å². The maximum atomic E-state index is 3.63. The van der Waals surface area contributed by atoms with E-state index in [1.165, 1.54) is 77.3 Å². The quantitative estimate of drug-likeness (QED) is 0.746. The standard InChI is InChI=1S/C19H38N2/c1-4-8-16-11-12-19(20-3)17(14-16)15-21-13-7-6-10-18(21)9-5-2/h16-20H,4-15H2,1-3H3. The van der Waals surface area contributed by atoms with Crippen LogP contribution in [0, 0.1) is 11.8 Å². The third-order valence-electron chi connectivity index (χ3n) is 6.00. The molecule has 1 heterocycles. The highest BCUT2D eigenvalue weighted by molar-refractivity contribution is 4.88. The van der Waals surface area contributed by atoms with Crippen LogP contribution in [0.5, 0.6) is 0 Å². The van der Waals surface area contributed by atoms with Gasteiger partial charge in [0.1, 0.15) is 0 Å². The minimum atomic E-state index is 0.766. The Labute approximate surface area is 133 Å². The molecular formula is C19H38N2. The number of piperidine rings is 1. The normalized spacial score (nSPS) is 35.0. The number of rotatable bonds is 7. The first-order valence-corrected chi connectivity index (χ1v) is 9.69. The molecule has 0 spiro atoms. The lowest BCUT2D eigenvalue weighted by atomic mass is 9.75. The van der Waals surface area contributed by atoms with Gasteiger partial charge in [-0.1, -0.05) is 39.5 Å². The second-order valence-corrected chi connectivity index (χ2v) is 7.56. The van der Waals surface area contributed by atoms with Crippen molar-refractivity contribution < 1.29 is 0 Å². The highest BCUT2D eigenvalue weighted by atomic mass is 15.2. The number of hydrogen-bond acceptors (Lipinski definition) is 2. The summed E-state index contributed by atoms with van der Waals surface area (Å²) in [5.74, 6) is 1.89. The van der Waals surface area contributed by atoms with E-state index >= 15 is 0 Å². The summed E-state index contributed by atoms with van der Waals surface area (Å²) in [5.41, 5.74) is 0. The van der Waals surface area contributed by atoms with Crippen molar-refractivity contribution in [2.24, 2.45) is 11.8 Å². The van der Waals surface area contributed by atoms with Crippen molar-refractivity contribution >= 4 is 0 Å². The van der Waals surface area contributed by atoms with Gasteiger partial charge in [0.2, 0.25) is 0 Å². The van der Waals surface area contributed by atoms with Gasteiger partial charge in [0, 0.05) is 18.6 Å². The maximum Gasteiger partial charge on any atom is 0.0105 e. The molecule has 4 atom stereocenters. The van der Waals surface area contributed by atoms with Gasteiger partial charge in [-0.2, -0.15) is 0 Å². The largest absolute Gasteiger partial charge is 0.317 e. The molecule has 0 bridgehead atoms. The number of likely N-dealkylation sites (tertiary alicyclic amines) is 1. The van der Waals surface area contributed by atoms with Crippen molar-refractivity contribution in [1.82, 2.24) is 10.2 Å². The molecule has 21 heavy (non-hydrogen) atoms. The molecule has 4 unspecified atom stereocenters. The van der Waals surface area contributed by atoms with Gasteiger partial charge in [-0.25, -0.2) is 0 Å². The molecule has 0 aromatic rings. The van der Waals surface area contributed by atoms with Crippen LogP contribution in [-0.4, -0.2) is 37.1 Å². The summed E-state index contributed by atoms with van der Waals surface area (Å²) in [4.78, 5) is 2.86. The molecule has 1 saturated carbocycles. The van der Waals surface area contributed by atoms with Gasteiger partial charge in [0.05, 0.1) is 0 Å². The Kier molecular flexibility index (Phi) is 7.53. The first-order valence-electron chi connectivity index (χ1n) is 9.69. The summed E-state index contributed by atoms with van der Waals surface area (Å²) < 4.78 is 0. The molecule has 1 aliphatic carbocycles. The summed E-state index contributed by atoms with van der Waals surface area (Å²) in [5, 5.41) is 3.63. The van der Waals surface area contributed by atoms with Gasteiger partial charge in [0.25, 0.3) is 0 Å². The molecule has 2 aliphatic rings. The molecule has 1 N–H and O–H groups in total. The van der Waals surface area contributed by atoms with Crippen molar-refractivity contribution in [2.45, 2.75) is 90.1 Å². The Morgan fingerprint density at radius 2 is 1.81 bits per heavy atom. The van der Waals surface area contributed by atoms with Crippen LogP contribution >= 0.6 is 0 Å². The molecule has 2 rings (SSSR count). The fraction of sp³-hybridized carbons (Fsp3) is 1.00. The van der Waals surface area contributed by atoms with Crippen molar-refractivity contribution in [3.8, 4) is 0 Å². The minimum Gasteiger partial charge on any atom is -0.317 e. The zero-order valence-electron chi connectivity index (χ0n) is 14.7. The number of nitrogens with zero attached hydrogens (tertiary/aromatic N) is 1. The molecule has 2 nitrogen and oxygen atoms in total. The van der Waals surface area contributed by atoms with E-state index in [0.717, 1.165) is 23.9 Å². The molecule has 0 aromatic carbocycles. The fourth-order valence-corrected chi connectivity index (χ4v) is 4.88. The highest BCUT2D eigenvalue weighted by Crippen LogP contribution is 2.34. The van der Waals surface area contributed by atoms with Crippen molar-refractivity contribution in [3.63, 3.8) is 0 Å². The Bertz CT molecular complexity index is 277. The second kappa shape index (κ2) is 9.15. The molecule has 0 amide bonds. The zero-order valence-corrected chi connectivity index (χ0v) is 14.7. The topological polar surface area (TPSA) is 15.3 Å². The van der Waals surface area contributed by atoms with Gasteiger partial charge in [-0.3, -0.25) is 0 Å². The predicted octanol–water partition coefficient (Wildman–Crippen LogP) is 4.45. The molecule has 2 fully saturated rings. The summed E-state index contributed by atoms with van der Waals surface area (Å²) in [6.07, 6.45) is 14.2. The van der Waals surface area contributed by atoms with Crippen LogP contribution in [0.15, 0.2) is 0 Å². The Balaban J connectivity index is 1.92. The molecule has 2 heteroatoms. The number of nitrogens with one attached hydrogen (secondary N) is 1. The van der Waals surface area contributed by atoms with E-state index in [9.17, 15) is 0 Å². The first kappa shape index (κ1) is 17.3. The fourth-order valence-electron chi connectivity index (χ4n) is 4.88. The SMILES string of the molecule is CCCC1CCC(NC)C(CN2CCCCC2CCC)C1. The molecule has 124 valence electrons. The molecular weight excluding hydrogens is 256 g/mol. The van der Waals surface area contributed by atoms with Crippen LogP contribution in [0.2, 0.25) is 0 Å². The van der Waals surface area contributed by atoms with Crippen LogP contribution < -0.4 is 5.32 Å². The van der Waals surface area contributed by atoms with E-state index in [0.29, 0.717) is 0 Å². The smallest absolute Gasteiger partial charge is 0.0105 e. The minimum absolute atomic E-state index is 0.766. The lowest BCUT2D eigenvalue weighted by molar-refractivity contribution is 0.0819. The average molecular weight is 295 g/mol. The van der Waals surface area contributed by atoms with Crippen LogP contribution in [0.3, 0.4) is 0 Å². The van der Waals surface area contributed by atoms with E-state index in [4.69, 9.17) is 0 Å². The Hall–Kier alpha value is -0.0800. The van der Waals surface area contributed by atoms with E-state index in [1.807, 2.05) is 0 Å². The third-order valence-corrected chi connectivity index (χ3v) is 6.00. The Morgan fingerprint density at radius 1 is 1.00 bits per heavy atom. The van der Waals surface area contributed by atoms with Gasteiger partial charge in [0.15, 0.2) is 0 Å². The lowest BCUT2D eigenvalue weighted by Gasteiger charge is -2.43. The molecule has 1 saturated heterocycles. The summed E-state index contributed by atoms with van der Waals surface area (Å²) in [7, 11) is 2.18. The summed E-state index contributed by atoms with van der Waals surface area (Å²) >= 11 is 0. The maximum absolute atomic E-state index is 3.63. The van der Waals surface area contributed by atoms with E-state index in [1.54, 1.807) is 0 Å². The Morgan fingerprint density at radius 3 is 2.52 bits per heavy atom. The van der Waals surface area contributed by atoms with E-state index < -0.39 is 0 Å². The monoisotopic (exact) mass is 294 g/mol. The van der Waals surface area contributed by atoms with Crippen molar-refractivity contribution in [2.75, 3.05) is 20.1 Å². The average Bonchev–Trinajstić information content (AvgIpc) is 2.50. The summed E-state index contributed by atoms with van der Waals surface area (Å²) in [6.45, 7) is 7.41. The van der Waals surface area contributed by atoms with Crippen LogP contribution in [-0.2, 0) is 0 Å². The molecule has 1 aliphatic heterocycles. The van der Waals surface area contributed by atoms with Gasteiger partial charge in [-0.15, -0.1) is 0 Å². The molecule has 0 aromatic heterocycles. The van der Waals surface area contributed by atoms with Gasteiger partial charge >= 0.3 is 0 Å². The van der Waals surface area contributed by atoms with Crippen LogP contribution in [0.4, 0.5) is 0 Å².